The summed E-state index contributed by atoms with van der Waals surface area (Å²) in [7, 11) is -2.21. The number of aliphatic hydroxyl groups is 1. The molecule has 0 aliphatic rings. The van der Waals surface area contributed by atoms with Gasteiger partial charge in [-0.3, -0.25) is 9.78 Å². The van der Waals surface area contributed by atoms with Crippen molar-refractivity contribution in [2.75, 3.05) is 12.8 Å². The van der Waals surface area contributed by atoms with Crippen LogP contribution in [-0.4, -0.2) is 40.0 Å². The van der Waals surface area contributed by atoms with Crippen molar-refractivity contribution in [2.45, 2.75) is 32.8 Å². The zero-order valence-electron chi connectivity index (χ0n) is 19.6. The molecule has 0 spiro atoms. The molecule has 2 atom stereocenters. The first-order valence-electron chi connectivity index (χ1n) is 11.3. The second-order valence-corrected chi connectivity index (χ2v) is 9.30. The number of nitrogens with zero attached hydrogens (tertiary/aromatic N) is 1. The van der Waals surface area contributed by atoms with Crippen LogP contribution in [0.4, 0.5) is 4.39 Å². The monoisotopic (exact) mass is 496 g/mol. The van der Waals surface area contributed by atoms with Crippen molar-refractivity contribution in [3.8, 4) is 22.4 Å². The number of aromatic nitrogens is 1. The molecule has 0 saturated carbocycles. The molecule has 2 aromatic carbocycles. The number of rotatable bonds is 11. The van der Waals surface area contributed by atoms with Crippen molar-refractivity contribution in [1.29, 1.82) is 0 Å². The number of aliphatic hydroxyl groups excluding tert-OH is 1. The highest BCUT2D eigenvalue weighted by molar-refractivity contribution is 7.39. The lowest BCUT2D eigenvalue weighted by atomic mass is 9.90. The Balaban J connectivity index is 1.94. The topological polar surface area (TPSA) is 96.7 Å². The zero-order chi connectivity index (χ0) is 25.4. The second-order valence-electron chi connectivity index (χ2n) is 8.01. The minimum absolute atomic E-state index is 0.0144. The molecule has 8 heteroatoms. The minimum Gasteiger partial charge on any atom is -0.481 e. The van der Waals surface area contributed by atoms with Gasteiger partial charge in [0.25, 0.3) is 0 Å². The van der Waals surface area contributed by atoms with Gasteiger partial charge in [0.1, 0.15) is 18.5 Å². The Morgan fingerprint density at radius 1 is 1.14 bits per heavy atom. The van der Waals surface area contributed by atoms with Gasteiger partial charge in [-0.05, 0) is 46.7 Å². The standard InChI is InChI=1S/C27H27FNO5P/c1-3-24-23(10-7-15-34-35(33)17-22(30)16-25(31)32)26(19-11-13-21(28)14-12-19)18(2)27(29-24)20-8-5-4-6-9-20/h4-14,22,30H,3,15-17H2,1-2H3/p+1. The van der Waals surface area contributed by atoms with E-state index in [1.54, 1.807) is 18.2 Å². The highest BCUT2D eigenvalue weighted by Crippen LogP contribution is 2.36. The van der Waals surface area contributed by atoms with E-state index in [0.29, 0.717) is 6.42 Å². The highest BCUT2D eigenvalue weighted by atomic mass is 31.1. The number of hydrogen-bond acceptors (Lipinski definition) is 5. The molecule has 182 valence electrons. The van der Waals surface area contributed by atoms with Crippen LogP contribution in [0.2, 0.25) is 0 Å². The van der Waals surface area contributed by atoms with Gasteiger partial charge in [0.15, 0.2) is 0 Å². The summed E-state index contributed by atoms with van der Waals surface area (Å²) in [6.45, 7) is 4.01. The number of pyridine rings is 1. The number of aryl methyl sites for hydroxylation is 1. The number of carboxylic acids is 1. The maximum absolute atomic E-state index is 13.7. The molecule has 3 rings (SSSR count). The summed E-state index contributed by atoms with van der Waals surface area (Å²) in [6, 6.07) is 16.2. The molecule has 0 aliphatic heterocycles. The van der Waals surface area contributed by atoms with Gasteiger partial charge in [-0.2, -0.15) is 0 Å². The number of carbonyl (C=O) groups is 1. The molecule has 0 bridgehead atoms. The normalized spacial score (nSPS) is 12.6. The predicted octanol–water partition coefficient (Wildman–Crippen LogP) is 6.03. The van der Waals surface area contributed by atoms with E-state index >= 15 is 0 Å². The van der Waals surface area contributed by atoms with E-state index in [9.17, 15) is 18.9 Å². The first-order valence-corrected chi connectivity index (χ1v) is 12.6. The van der Waals surface area contributed by atoms with Gasteiger partial charge in [-0.25, -0.2) is 4.39 Å². The molecule has 0 amide bonds. The van der Waals surface area contributed by atoms with Gasteiger partial charge in [-0.1, -0.05) is 61.5 Å². The average Bonchev–Trinajstić information content (AvgIpc) is 2.82. The van der Waals surface area contributed by atoms with E-state index in [2.05, 4.69) is 0 Å². The van der Waals surface area contributed by atoms with E-state index in [-0.39, 0.29) is 18.6 Å². The van der Waals surface area contributed by atoms with Crippen molar-refractivity contribution in [2.24, 2.45) is 0 Å². The van der Waals surface area contributed by atoms with E-state index in [0.717, 1.165) is 39.2 Å². The molecule has 6 nitrogen and oxygen atoms in total. The first-order chi connectivity index (χ1) is 16.8. The van der Waals surface area contributed by atoms with E-state index < -0.39 is 26.5 Å². The van der Waals surface area contributed by atoms with Crippen LogP contribution in [-0.2, 0) is 20.3 Å². The molecule has 2 unspecified atom stereocenters. The summed E-state index contributed by atoms with van der Waals surface area (Å²) < 4.78 is 31.0. The third-order valence-electron chi connectivity index (χ3n) is 5.44. The molecule has 35 heavy (non-hydrogen) atoms. The Kier molecular flexibility index (Phi) is 9.38. The van der Waals surface area contributed by atoms with Gasteiger partial charge in [-0.15, -0.1) is 4.52 Å². The quantitative estimate of drug-likeness (QED) is 0.315. The molecule has 0 aliphatic carbocycles. The summed E-state index contributed by atoms with van der Waals surface area (Å²) in [5, 5.41) is 18.3. The Morgan fingerprint density at radius 3 is 2.46 bits per heavy atom. The van der Waals surface area contributed by atoms with Crippen LogP contribution in [0.15, 0.2) is 60.7 Å². The molecule has 1 aromatic heterocycles. The van der Waals surface area contributed by atoms with E-state index in [1.165, 1.54) is 12.1 Å². The highest BCUT2D eigenvalue weighted by Gasteiger charge is 2.25. The maximum Gasteiger partial charge on any atom is 0.511 e. The van der Waals surface area contributed by atoms with Crippen LogP contribution < -0.4 is 0 Å². The number of carboxylic acid groups (broad SMARTS) is 1. The Morgan fingerprint density at radius 2 is 1.83 bits per heavy atom. The summed E-state index contributed by atoms with van der Waals surface area (Å²) in [5.74, 6) is -1.48. The van der Waals surface area contributed by atoms with Gasteiger partial charge in [0.05, 0.1) is 12.1 Å². The molecule has 3 aromatic rings. The summed E-state index contributed by atoms with van der Waals surface area (Å²) in [6.07, 6.45) is 2.26. The van der Waals surface area contributed by atoms with Crippen molar-refractivity contribution in [3.05, 3.63) is 83.3 Å². The predicted molar refractivity (Wildman–Crippen MR) is 135 cm³/mol. The van der Waals surface area contributed by atoms with Crippen LogP contribution in [0, 0.1) is 12.7 Å². The van der Waals surface area contributed by atoms with Crippen molar-refractivity contribution in [3.63, 3.8) is 0 Å². The summed E-state index contributed by atoms with van der Waals surface area (Å²) in [5.41, 5.74) is 6.27. The van der Waals surface area contributed by atoms with E-state index in [4.69, 9.17) is 14.6 Å². The smallest absolute Gasteiger partial charge is 0.481 e. The third-order valence-corrected chi connectivity index (χ3v) is 6.60. The van der Waals surface area contributed by atoms with Gasteiger partial charge < -0.3 is 10.2 Å². The van der Waals surface area contributed by atoms with Gasteiger partial charge in [0, 0.05) is 16.8 Å². The average molecular weight is 496 g/mol. The molecule has 0 fully saturated rings. The zero-order valence-corrected chi connectivity index (χ0v) is 20.5. The van der Waals surface area contributed by atoms with Crippen molar-refractivity contribution < 1.29 is 28.5 Å². The van der Waals surface area contributed by atoms with Gasteiger partial charge in [0.2, 0.25) is 6.16 Å². The van der Waals surface area contributed by atoms with Crippen LogP contribution in [0.5, 0.6) is 0 Å². The molecule has 2 N–H and O–H groups in total. The lowest BCUT2D eigenvalue weighted by Crippen LogP contribution is -2.15. The Labute approximate surface area is 205 Å². The number of aliphatic carboxylic acids is 1. The molecule has 0 saturated heterocycles. The lowest BCUT2D eigenvalue weighted by Gasteiger charge is -2.18. The van der Waals surface area contributed by atoms with Gasteiger partial charge >= 0.3 is 14.0 Å². The van der Waals surface area contributed by atoms with Crippen molar-refractivity contribution >= 4 is 20.1 Å². The molecular formula is C27H28FNO5P+. The maximum atomic E-state index is 13.7. The van der Waals surface area contributed by atoms with Crippen LogP contribution in [0.3, 0.4) is 0 Å². The number of halogens is 1. The second kappa shape index (κ2) is 12.5. The fourth-order valence-corrected chi connectivity index (χ4v) is 4.67. The third kappa shape index (κ3) is 7.12. The Hall–Kier alpha value is -3.25. The molecular weight excluding hydrogens is 468 g/mol. The SMILES string of the molecule is CCc1nc(-c2ccccc2)c(C)c(-c2ccc(F)cc2)c1C=CCO[P+](=O)CC(O)CC(=O)O. The molecule has 0 radical (unpaired) electrons. The molecule has 1 heterocycles. The van der Waals surface area contributed by atoms with Crippen molar-refractivity contribution in [1.82, 2.24) is 4.98 Å². The largest absolute Gasteiger partial charge is 0.511 e. The number of hydrogen-bond donors (Lipinski definition) is 2. The fourth-order valence-electron chi connectivity index (χ4n) is 3.84. The van der Waals surface area contributed by atoms with Crippen LogP contribution in [0.25, 0.3) is 28.5 Å². The first kappa shape index (κ1) is 26.4. The fraction of sp³-hybridized carbons (Fsp3) is 0.259. The summed E-state index contributed by atoms with van der Waals surface area (Å²) >= 11 is 0. The summed E-state index contributed by atoms with van der Waals surface area (Å²) in [4.78, 5) is 15.6. The van der Waals surface area contributed by atoms with Crippen LogP contribution in [0.1, 0.15) is 30.2 Å². The van der Waals surface area contributed by atoms with E-state index in [1.807, 2.05) is 50.3 Å². The van der Waals surface area contributed by atoms with Crippen LogP contribution >= 0.6 is 8.03 Å². The minimum atomic E-state index is -2.21. The Bertz CT molecular complexity index is 1210. The number of benzene rings is 2. The lowest BCUT2D eigenvalue weighted by molar-refractivity contribution is -0.138.